The van der Waals surface area contributed by atoms with E-state index in [4.69, 9.17) is 5.73 Å². The molecule has 1 saturated heterocycles. The van der Waals surface area contributed by atoms with Crippen molar-refractivity contribution in [3.63, 3.8) is 0 Å². The third kappa shape index (κ3) is 3.10. The first-order chi connectivity index (χ1) is 7.98. The Kier molecular flexibility index (Phi) is 3.58. The van der Waals surface area contributed by atoms with Crippen molar-refractivity contribution < 1.29 is 8.42 Å². The summed E-state index contributed by atoms with van der Waals surface area (Å²) in [5.74, 6) is 1.21. The number of aromatic nitrogens is 1. The summed E-state index contributed by atoms with van der Waals surface area (Å²) >= 11 is 3.40. The van der Waals surface area contributed by atoms with Gasteiger partial charge in [-0.25, -0.2) is 13.4 Å². The Labute approximate surface area is 109 Å². The second-order valence-electron chi connectivity index (χ2n) is 4.07. The maximum Gasteiger partial charge on any atom is 0.152 e. The zero-order valence-corrected chi connectivity index (χ0v) is 11.7. The fourth-order valence-corrected chi connectivity index (χ4v) is 3.72. The van der Waals surface area contributed by atoms with Gasteiger partial charge >= 0.3 is 0 Å². The van der Waals surface area contributed by atoms with E-state index < -0.39 is 9.84 Å². The molecule has 2 N–H and O–H groups in total. The van der Waals surface area contributed by atoms with E-state index in [1.54, 1.807) is 12.3 Å². The normalized spacial score (nSPS) is 19.9. The van der Waals surface area contributed by atoms with Crippen molar-refractivity contribution in [2.75, 3.05) is 35.2 Å². The monoisotopic (exact) mass is 319 g/mol. The molecule has 0 bridgehead atoms. The van der Waals surface area contributed by atoms with Crippen molar-refractivity contribution in [2.24, 2.45) is 0 Å². The second kappa shape index (κ2) is 4.81. The lowest BCUT2D eigenvalue weighted by molar-refractivity contribution is 0.597. The van der Waals surface area contributed by atoms with Crippen molar-refractivity contribution in [1.82, 2.24) is 4.98 Å². The highest BCUT2D eigenvalue weighted by atomic mass is 79.9. The van der Waals surface area contributed by atoms with Gasteiger partial charge in [-0.2, -0.15) is 0 Å². The molecule has 1 aromatic rings. The Morgan fingerprint density at radius 2 is 2.12 bits per heavy atom. The molecule has 1 fully saturated rings. The number of nitrogen functional groups attached to an aromatic ring is 1. The minimum absolute atomic E-state index is 0.186. The largest absolute Gasteiger partial charge is 0.397 e. The van der Waals surface area contributed by atoms with E-state index in [0.29, 0.717) is 25.2 Å². The molecule has 0 radical (unpaired) electrons. The average molecular weight is 320 g/mol. The van der Waals surface area contributed by atoms with E-state index in [9.17, 15) is 8.42 Å². The van der Waals surface area contributed by atoms with Crippen molar-refractivity contribution in [2.45, 2.75) is 6.42 Å². The molecule has 0 aromatic carbocycles. The standard InChI is InChI=1S/C10H14BrN3O2S/c11-9-6-8(12)7-13-10(9)14-2-1-4-17(15,16)5-3-14/h6-7H,1-5,12H2. The van der Waals surface area contributed by atoms with Gasteiger partial charge in [0.25, 0.3) is 0 Å². The lowest BCUT2D eigenvalue weighted by Crippen LogP contribution is -2.27. The van der Waals surface area contributed by atoms with Crippen molar-refractivity contribution in [1.29, 1.82) is 0 Å². The van der Waals surface area contributed by atoms with Crippen LogP contribution >= 0.6 is 15.9 Å². The van der Waals surface area contributed by atoms with E-state index in [2.05, 4.69) is 20.9 Å². The summed E-state index contributed by atoms with van der Waals surface area (Å²) < 4.78 is 23.8. The van der Waals surface area contributed by atoms with Gasteiger partial charge in [0, 0.05) is 13.1 Å². The molecule has 2 rings (SSSR count). The number of hydrogen-bond acceptors (Lipinski definition) is 5. The Hall–Kier alpha value is -0.820. The third-order valence-corrected chi connectivity index (χ3v) is 5.00. The predicted octanol–water partition coefficient (Wildman–Crippen LogP) is 1.05. The highest BCUT2D eigenvalue weighted by Gasteiger charge is 2.21. The summed E-state index contributed by atoms with van der Waals surface area (Å²) in [7, 11) is -2.89. The molecule has 2 heterocycles. The molecule has 0 aliphatic carbocycles. The van der Waals surface area contributed by atoms with Crippen LogP contribution < -0.4 is 10.6 Å². The molecule has 17 heavy (non-hydrogen) atoms. The Morgan fingerprint density at radius 3 is 2.82 bits per heavy atom. The number of nitrogens with two attached hydrogens (primary N) is 1. The smallest absolute Gasteiger partial charge is 0.152 e. The minimum Gasteiger partial charge on any atom is -0.397 e. The lowest BCUT2D eigenvalue weighted by atomic mass is 10.3. The maximum absolute atomic E-state index is 11.5. The number of nitrogens with zero attached hydrogens (tertiary/aromatic N) is 2. The number of sulfone groups is 1. The summed E-state index contributed by atoms with van der Waals surface area (Å²) in [4.78, 5) is 6.23. The predicted molar refractivity (Wildman–Crippen MR) is 71.8 cm³/mol. The summed E-state index contributed by atoms with van der Waals surface area (Å²) in [6, 6.07) is 1.78. The van der Waals surface area contributed by atoms with Gasteiger partial charge in [-0.15, -0.1) is 0 Å². The van der Waals surface area contributed by atoms with Crippen LogP contribution in [-0.2, 0) is 9.84 Å². The molecule has 0 atom stereocenters. The van der Waals surface area contributed by atoms with Crippen molar-refractivity contribution in [3.05, 3.63) is 16.7 Å². The summed E-state index contributed by atoms with van der Waals surface area (Å²) in [6.07, 6.45) is 2.22. The van der Waals surface area contributed by atoms with Crippen LogP contribution in [0, 0.1) is 0 Å². The second-order valence-corrected chi connectivity index (χ2v) is 7.22. The van der Waals surface area contributed by atoms with Crippen LogP contribution in [0.15, 0.2) is 16.7 Å². The van der Waals surface area contributed by atoms with Crippen LogP contribution in [0.3, 0.4) is 0 Å². The van der Waals surface area contributed by atoms with Crippen LogP contribution in [0.4, 0.5) is 11.5 Å². The van der Waals surface area contributed by atoms with E-state index in [1.165, 1.54) is 0 Å². The molecule has 0 amide bonds. The first-order valence-electron chi connectivity index (χ1n) is 5.34. The molecule has 5 nitrogen and oxygen atoms in total. The van der Waals surface area contributed by atoms with Gasteiger partial charge in [0.05, 0.1) is 27.9 Å². The van der Waals surface area contributed by atoms with Crippen molar-refractivity contribution >= 4 is 37.3 Å². The van der Waals surface area contributed by atoms with Gasteiger partial charge in [-0.1, -0.05) is 0 Å². The van der Waals surface area contributed by atoms with Gasteiger partial charge in [0.1, 0.15) is 5.82 Å². The number of halogens is 1. The number of rotatable bonds is 1. The molecule has 94 valence electrons. The molecular weight excluding hydrogens is 306 g/mol. The van der Waals surface area contributed by atoms with E-state index in [1.807, 2.05) is 4.90 Å². The van der Waals surface area contributed by atoms with Crippen LogP contribution in [-0.4, -0.2) is 38.0 Å². The first-order valence-corrected chi connectivity index (χ1v) is 7.96. The average Bonchev–Trinajstić information content (AvgIpc) is 2.40. The molecule has 0 spiro atoms. The first kappa shape index (κ1) is 12.6. The fourth-order valence-electron chi connectivity index (χ4n) is 1.83. The van der Waals surface area contributed by atoms with Crippen LogP contribution in [0.5, 0.6) is 0 Å². The quantitative estimate of drug-likeness (QED) is 0.837. The highest BCUT2D eigenvalue weighted by Crippen LogP contribution is 2.26. The molecular formula is C10H14BrN3O2S. The third-order valence-electron chi connectivity index (χ3n) is 2.70. The topological polar surface area (TPSA) is 76.3 Å². The van der Waals surface area contributed by atoms with Crippen LogP contribution in [0.2, 0.25) is 0 Å². The van der Waals surface area contributed by atoms with Gasteiger partial charge < -0.3 is 10.6 Å². The summed E-state index contributed by atoms with van der Waals surface area (Å²) in [6.45, 7) is 1.19. The molecule has 0 saturated carbocycles. The number of pyridine rings is 1. The summed E-state index contributed by atoms with van der Waals surface area (Å²) in [5.41, 5.74) is 6.21. The molecule has 1 aromatic heterocycles. The van der Waals surface area contributed by atoms with E-state index in [0.717, 1.165) is 10.3 Å². The zero-order valence-electron chi connectivity index (χ0n) is 9.26. The van der Waals surface area contributed by atoms with Gasteiger partial charge in [0.15, 0.2) is 9.84 Å². The highest BCUT2D eigenvalue weighted by molar-refractivity contribution is 9.10. The lowest BCUT2D eigenvalue weighted by Gasteiger charge is -2.22. The molecule has 1 aliphatic rings. The molecule has 0 unspecified atom stereocenters. The Balaban J connectivity index is 2.23. The Bertz CT molecular complexity index is 518. The van der Waals surface area contributed by atoms with Gasteiger partial charge in [-0.05, 0) is 28.4 Å². The minimum atomic E-state index is -2.89. The Morgan fingerprint density at radius 1 is 1.35 bits per heavy atom. The van der Waals surface area contributed by atoms with Crippen LogP contribution in [0.25, 0.3) is 0 Å². The molecule has 7 heteroatoms. The zero-order chi connectivity index (χ0) is 12.5. The maximum atomic E-state index is 11.5. The SMILES string of the molecule is Nc1cnc(N2CCCS(=O)(=O)CC2)c(Br)c1. The molecule has 1 aliphatic heterocycles. The van der Waals surface area contributed by atoms with Crippen molar-refractivity contribution in [3.8, 4) is 0 Å². The van der Waals surface area contributed by atoms with E-state index >= 15 is 0 Å². The fraction of sp³-hybridized carbons (Fsp3) is 0.500. The van der Waals surface area contributed by atoms with E-state index in [-0.39, 0.29) is 11.5 Å². The number of anilines is 2. The van der Waals surface area contributed by atoms with Gasteiger partial charge in [-0.3, -0.25) is 0 Å². The van der Waals surface area contributed by atoms with Gasteiger partial charge in [0.2, 0.25) is 0 Å². The number of hydrogen-bond donors (Lipinski definition) is 1. The van der Waals surface area contributed by atoms with Crippen LogP contribution in [0.1, 0.15) is 6.42 Å². The summed E-state index contributed by atoms with van der Waals surface area (Å²) in [5, 5.41) is 0.